The van der Waals surface area contributed by atoms with E-state index in [1.807, 2.05) is 24.3 Å². The third kappa shape index (κ3) is 6.71. The molecule has 1 aromatic rings. The van der Waals surface area contributed by atoms with Gasteiger partial charge in [-0.1, -0.05) is 63.3 Å². The molecule has 1 rings (SSSR count). The van der Waals surface area contributed by atoms with Gasteiger partial charge in [-0.05, 0) is 18.4 Å². The summed E-state index contributed by atoms with van der Waals surface area (Å²) in [5.74, 6) is 0. The summed E-state index contributed by atoms with van der Waals surface area (Å²) in [5, 5.41) is 19.9. The van der Waals surface area contributed by atoms with E-state index in [1.165, 1.54) is 44.1 Å². The standard InChI is InChI=1S/C17H27NO3/c1-2-3-4-5-6-7-8-15-9-11-16(12-10-15)17(13-14-19)18(20)21/h9-12,17,19H,2-8,13-14H2,1H3. The molecule has 0 saturated heterocycles. The molecule has 1 unspecified atom stereocenters. The molecule has 4 nitrogen and oxygen atoms in total. The van der Waals surface area contributed by atoms with E-state index in [0.717, 1.165) is 6.42 Å². The number of aliphatic hydroxyl groups excluding tert-OH is 1. The van der Waals surface area contributed by atoms with Crippen molar-refractivity contribution in [2.45, 2.75) is 64.3 Å². The summed E-state index contributed by atoms with van der Waals surface area (Å²) in [6.07, 6.45) is 8.85. The molecule has 0 aliphatic rings. The van der Waals surface area contributed by atoms with Gasteiger partial charge < -0.3 is 5.11 Å². The van der Waals surface area contributed by atoms with Gasteiger partial charge in [0.2, 0.25) is 6.04 Å². The highest BCUT2D eigenvalue weighted by molar-refractivity contribution is 5.24. The monoisotopic (exact) mass is 293 g/mol. The lowest BCUT2D eigenvalue weighted by molar-refractivity contribution is -0.530. The van der Waals surface area contributed by atoms with E-state index in [2.05, 4.69) is 6.92 Å². The lowest BCUT2D eigenvalue weighted by Gasteiger charge is -2.09. The van der Waals surface area contributed by atoms with Crippen LogP contribution >= 0.6 is 0 Å². The van der Waals surface area contributed by atoms with Crippen molar-refractivity contribution >= 4 is 0 Å². The Morgan fingerprint density at radius 2 is 1.71 bits per heavy atom. The number of aryl methyl sites for hydroxylation is 1. The number of aliphatic hydroxyl groups is 1. The Bertz CT molecular complexity index is 403. The summed E-state index contributed by atoms with van der Waals surface area (Å²) in [4.78, 5) is 10.6. The Hall–Kier alpha value is -1.42. The van der Waals surface area contributed by atoms with E-state index in [9.17, 15) is 10.1 Å². The molecule has 1 N–H and O–H groups in total. The largest absolute Gasteiger partial charge is 0.396 e. The third-order valence-electron chi connectivity index (χ3n) is 3.84. The minimum absolute atomic E-state index is 0.162. The van der Waals surface area contributed by atoms with Crippen LogP contribution in [0.4, 0.5) is 0 Å². The van der Waals surface area contributed by atoms with Gasteiger partial charge in [-0.3, -0.25) is 10.1 Å². The van der Waals surface area contributed by atoms with Crippen LogP contribution in [0.1, 0.15) is 69.0 Å². The molecule has 1 atom stereocenters. The van der Waals surface area contributed by atoms with Crippen molar-refractivity contribution in [3.63, 3.8) is 0 Å². The van der Waals surface area contributed by atoms with Crippen molar-refractivity contribution in [3.05, 3.63) is 45.5 Å². The number of nitrogens with zero attached hydrogens (tertiary/aromatic N) is 1. The van der Waals surface area contributed by atoms with Crippen LogP contribution in [0.3, 0.4) is 0 Å². The van der Waals surface area contributed by atoms with E-state index in [-0.39, 0.29) is 18.0 Å². The number of hydrogen-bond donors (Lipinski definition) is 1. The Balaban J connectivity index is 2.40. The second kappa shape index (κ2) is 10.3. The van der Waals surface area contributed by atoms with E-state index in [1.54, 1.807) is 0 Å². The molecule has 0 aliphatic carbocycles. The van der Waals surface area contributed by atoms with Gasteiger partial charge in [-0.15, -0.1) is 0 Å². The van der Waals surface area contributed by atoms with Crippen LogP contribution < -0.4 is 0 Å². The first-order valence-electron chi connectivity index (χ1n) is 8.02. The van der Waals surface area contributed by atoms with Crippen molar-refractivity contribution in [3.8, 4) is 0 Å². The van der Waals surface area contributed by atoms with Crippen LogP contribution in [-0.2, 0) is 6.42 Å². The molecule has 0 aliphatic heterocycles. The van der Waals surface area contributed by atoms with E-state index in [0.29, 0.717) is 5.56 Å². The summed E-state index contributed by atoms with van der Waals surface area (Å²) < 4.78 is 0. The molecular weight excluding hydrogens is 266 g/mol. The topological polar surface area (TPSA) is 63.4 Å². The van der Waals surface area contributed by atoms with Gasteiger partial charge in [0.05, 0.1) is 0 Å². The zero-order chi connectivity index (χ0) is 15.5. The highest BCUT2D eigenvalue weighted by Crippen LogP contribution is 2.21. The van der Waals surface area contributed by atoms with Gasteiger partial charge in [-0.2, -0.15) is 0 Å². The van der Waals surface area contributed by atoms with Crippen molar-refractivity contribution in [1.29, 1.82) is 0 Å². The number of unbranched alkanes of at least 4 members (excludes halogenated alkanes) is 5. The number of rotatable bonds is 11. The molecule has 0 heterocycles. The van der Waals surface area contributed by atoms with Gasteiger partial charge in [-0.25, -0.2) is 0 Å². The molecule has 0 saturated carbocycles. The van der Waals surface area contributed by atoms with Gasteiger partial charge in [0.25, 0.3) is 0 Å². The summed E-state index contributed by atoms with van der Waals surface area (Å²) in [5.41, 5.74) is 1.92. The zero-order valence-corrected chi connectivity index (χ0v) is 13.0. The normalized spacial score (nSPS) is 12.3. The molecule has 21 heavy (non-hydrogen) atoms. The van der Waals surface area contributed by atoms with Gasteiger partial charge >= 0.3 is 0 Å². The minimum Gasteiger partial charge on any atom is -0.396 e. The predicted octanol–water partition coefficient (Wildman–Crippen LogP) is 4.29. The Morgan fingerprint density at radius 3 is 2.29 bits per heavy atom. The second-order valence-corrected chi connectivity index (χ2v) is 5.57. The van der Waals surface area contributed by atoms with Gasteiger partial charge in [0.1, 0.15) is 0 Å². The summed E-state index contributed by atoms with van der Waals surface area (Å²) in [6.45, 7) is 2.06. The van der Waals surface area contributed by atoms with Gasteiger partial charge in [0, 0.05) is 23.5 Å². The molecular formula is C17H27NO3. The van der Waals surface area contributed by atoms with E-state index in [4.69, 9.17) is 5.11 Å². The van der Waals surface area contributed by atoms with Crippen LogP contribution in [0.15, 0.2) is 24.3 Å². The van der Waals surface area contributed by atoms with Crippen LogP contribution in [0.25, 0.3) is 0 Å². The Labute approximate surface area is 127 Å². The molecule has 0 aromatic heterocycles. The summed E-state index contributed by atoms with van der Waals surface area (Å²) >= 11 is 0. The fourth-order valence-corrected chi connectivity index (χ4v) is 2.53. The van der Waals surface area contributed by atoms with Gasteiger partial charge in [0.15, 0.2) is 0 Å². The number of nitro groups is 1. The molecule has 118 valence electrons. The fourth-order valence-electron chi connectivity index (χ4n) is 2.53. The summed E-state index contributed by atoms with van der Waals surface area (Å²) in [7, 11) is 0. The van der Waals surface area contributed by atoms with Crippen molar-refractivity contribution < 1.29 is 10.0 Å². The average Bonchev–Trinajstić information content (AvgIpc) is 2.49. The SMILES string of the molecule is CCCCCCCCc1ccc(C(CCO)[N+](=O)[O-])cc1. The molecule has 4 heteroatoms. The van der Waals surface area contributed by atoms with Crippen molar-refractivity contribution in [2.24, 2.45) is 0 Å². The molecule has 1 aromatic carbocycles. The minimum atomic E-state index is -0.793. The van der Waals surface area contributed by atoms with Crippen LogP contribution in [0.2, 0.25) is 0 Å². The summed E-state index contributed by atoms with van der Waals surface area (Å²) in [6, 6.07) is 6.83. The third-order valence-corrected chi connectivity index (χ3v) is 3.84. The van der Waals surface area contributed by atoms with Crippen molar-refractivity contribution in [2.75, 3.05) is 6.61 Å². The molecule has 0 spiro atoms. The number of hydrogen-bond acceptors (Lipinski definition) is 3. The fraction of sp³-hybridized carbons (Fsp3) is 0.647. The lowest BCUT2D eigenvalue weighted by atomic mass is 10.00. The smallest absolute Gasteiger partial charge is 0.240 e. The molecule has 0 fully saturated rings. The number of benzene rings is 1. The predicted molar refractivity (Wildman–Crippen MR) is 85.0 cm³/mol. The van der Waals surface area contributed by atoms with E-state index >= 15 is 0 Å². The second-order valence-electron chi connectivity index (χ2n) is 5.57. The highest BCUT2D eigenvalue weighted by atomic mass is 16.6. The Morgan fingerprint density at radius 1 is 1.10 bits per heavy atom. The molecule has 0 bridgehead atoms. The van der Waals surface area contributed by atoms with Crippen molar-refractivity contribution in [1.82, 2.24) is 0 Å². The average molecular weight is 293 g/mol. The first-order chi connectivity index (χ1) is 10.2. The van der Waals surface area contributed by atoms with Crippen LogP contribution in [-0.4, -0.2) is 16.6 Å². The lowest BCUT2D eigenvalue weighted by Crippen LogP contribution is -2.12. The highest BCUT2D eigenvalue weighted by Gasteiger charge is 2.21. The quantitative estimate of drug-likeness (QED) is 0.376. The molecule has 0 radical (unpaired) electrons. The van der Waals surface area contributed by atoms with Crippen LogP contribution in [0.5, 0.6) is 0 Å². The van der Waals surface area contributed by atoms with E-state index < -0.39 is 6.04 Å². The maximum absolute atomic E-state index is 11.0. The Kier molecular flexibility index (Phi) is 8.67. The molecule has 0 amide bonds. The van der Waals surface area contributed by atoms with Crippen LogP contribution in [0, 0.1) is 10.1 Å². The zero-order valence-electron chi connectivity index (χ0n) is 13.0. The first kappa shape index (κ1) is 17.6. The maximum atomic E-state index is 11.0. The first-order valence-corrected chi connectivity index (χ1v) is 8.02. The maximum Gasteiger partial charge on any atom is 0.240 e.